The predicted molar refractivity (Wildman–Crippen MR) is 83.9 cm³/mol. The summed E-state index contributed by atoms with van der Waals surface area (Å²) in [6.07, 6.45) is 3.08. The number of nitrogens with one attached hydrogen (secondary N) is 1. The molecule has 2 aliphatic rings. The van der Waals surface area contributed by atoms with Crippen LogP contribution in [0.3, 0.4) is 0 Å². The second-order valence-corrected chi connectivity index (χ2v) is 8.54. The van der Waals surface area contributed by atoms with Crippen LogP contribution in [-0.4, -0.2) is 43.9 Å². The second-order valence-electron chi connectivity index (χ2n) is 5.39. The monoisotopic (exact) mass is 312 g/mol. The molecule has 1 saturated heterocycles. The molecule has 1 unspecified atom stereocenters. The molecule has 4 nitrogen and oxygen atoms in total. The molecule has 0 aromatic heterocycles. The maximum Gasteiger partial charge on any atom is 0.243 e. The van der Waals surface area contributed by atoms with Crippen LogP contribution < -0.4 is 5.32 Å². The summed E-state index contributed by atoms with van der Waals surface area (Å²) in [5.74, 6) is 1.95. The van der Waals surface area contributed by atoms with Crippen molar-refractivity contribution in [3.8, 4) is 0 Å². The van der Waals surface area contributed by atoms with Crippen LogP contribution in [0.5, 0.6) is 0 Å². The van der Waals surface area contributed by atoms with Gasteiger partial charge in [0.15, 0.2) is 0 Å². The Morgan fingerprint density at radius 3 is 3.00 bits per heavy atom. The lowest BCUT2D eigenvalue weighted by Gasteiger charge is -2.24. The van der Waals surface area contributed by atoms with Crippen molar-refractivity contribution >= 4 is 27.5 Å². The third-order valence-electron chi connectivity index (χ3n) is 4.12. The van der Waals surface area contributed by atoms with Gasteiger partial charge >= 0.3 is 0 Å². The van der Waals surface area contributed by atoms with Crippen molar-refractivity contribution < 1.29 is 8.42 Å². The van der Waals surface area contributed by atoms with E-state index in [1.165, 1.54) is 5.56 Å². The van der Waals surface area contributed by atoms with Gasteiger partial charge < -0.3 is 5.32 Å². The van der Waals surface area contributed by atoms with Crippen molar-refractivity contribution in [2.75, 3.05) is 30.4 Å². The van der Waals surface area contributed by atoms with Gasteiger partial charge in [0.25, 0.3) is 0 Å². The predicted octanol–water partition coefficient (Wildman–Crippen LogP) is 2.17. The number of aryl methyl sites for hydroxylation is 1. The zero-order valence-corrected chi connectivity index (χ0v) is 13.3. The molecule has 0 spiro atoms. The van der Waals surface area contributed by atoms with Crippen LogP contribution in [0.1, 0.15) is 18.4 Å². The van der Waals surface area contributed by atoms with Crippen LogP contribution >= 0.6 is 11.8 Å². The van der Waals surface area contributed by atoms with Gasteiger partial charge in [-0.3, -0.25) is 0 Å². The van der Waals surface area contributed by atoms with Crippen molar-refractivity contribution in [2.24, 2.45) is 0 Å². The minimum atomic E-state index is -3.38. The van der Waals surface area contributed by atoms with E-state index in [1.54, 1.807) is 23.5 Å². The first kappa shape index (κ1) is 14.2. The highest BCUT2D eigenvalue weighted by Gasteiger charge is 2.30. The standard InChI is InChI=1S/C14H20N2O2S2/c1-16(12-6-8-19-10-12)20(17,18)13-5-4-11-3-2-7-15-14(11)9-13/h4-5,9,12,15H,2-3,6-8,10H2,1H3. The smallest absolute Gasteiger partial charge is 0.243 e. The van der Waals surface area contributed by atoms with E-state index < -0.39 is 10.0 Å². The van der Waals surface area contributed by atoms with Crippen molar-refractivity contribution in [1.82, 2.24) is 4.31 Å². The van der Waals surface area contributed by atoms with Crippen LogP contribution in [0.25, 0.3) is 0 Å². The lowest BCUT2D eigenvalue weighted by atomic mass is 10.0. The van der Waals surface area contributed by atoms with E-state index in [0.29, 0.717) is 4.90 Å². The summed E-state index contributed by atoms with van der Waals surface area (Å²) in [7, 11) is -1.67. The maximum atomic E-state index is 12.7. The first-order valence-electron chi connectivity index (χ1n) is 7.01. The molecular weight excluding hydrogens is 292 g/mol. The van der Waals surface area contributed by atoms with Gasteiger partial charge in [0.2, 0.25) is 10.0 Å². The molecule has 1 aromatic carbocycles. The zero-order valence-electron chi connectivity index (χ0n) is 11.6. The molecule has 1 N–H and O–H groups in total. The van der Waals surface area contributed by atoms with E-state index in [-0.39, 0.29) is 6.04 Å². The molecule has 110 valence electrons. The quantitative estimate of drug-likeness (QED) is 0.929. The minimum Gasteiger partial charge on any atom is -0.385 e. The Hall–Kier alpha value is -0.720. The number of fused-ring (bicyclic) bond motifs is 1. The average Bonchev–Trinajstić information content (AvgIpc) is 3.00. The summed E-state index contributed by atoms with van der Waals surface area (Å²) < 4.78 is 26.9. The third kappa shape index (κ3) is 2.56. The van der Waals surface area contributed by atoms with Crippen molar-refractivity contribution in [3.63, 3.8) is 0 Å². The number of hydrogen-bond acceptors (Lipinski definition) is 4. The summed E-state index contributed by atoms with van der Waals surface area (Å²) in [5.41, 5.74) is 2.20. The fourth-order valence-corrected chi connectivity index (χ4v) is 5.55. The summed E-state index contributed by atoms with van der Waals surface area (Å²) in [6.45, 7) is 0.922. The summed E-state index contributed by atoms with van der Waals surface area (Å²) in [6, 6.07) is 5.63. The molecule has 0 bridgehead atoms. The highest BCUT2D eigenvalue weighted by atomic mass is 32.2. The molecule has 20 heavy (non-hydrogen) atoms. The highest BCUT2D eigenvalue weighted by molar-refractivity contribution is 7.99. The Kier molecular flexibility index (Phi) is 3.97. The van der Waals surface area contributed by atoms with Crippen LogP contribution in [0, 0.1) is 0 Å². The lowest BCUT2D eigenvalue weighted by Crippen LogP contribution is -2.37. The van der Waals surface area contributed by atoms with E-state index in [9.17, 15) is 8.42 Å². The van der Waals surface area contributed by atoms with E-state index in [4.69, 9.17) is 0 Å². The van der Waals surface area contributed by atoms with E-state index >= 15 is 0 Å². The Balaban J connectivity index is 1.90. The molecule has 2 heterocycles. The number of nitrogens with zero attached hydrogens (tertiary/aromatic N) is 1. The normalized spacial score (nSPS) is 22.6. The van der Waals surface area contributed by atoms with Gasteiger partial charge in [-0.15, -0.1) is 0 Å². The van der Waals surface area contributed by atoms with Crippen LogP contribution in [0.15, 0.2) is 23.1 Å². The number of rotatable bonds is 3. The number of anilines is 1. The molecule has 1 atom stereocenters. The molecule has 1 aromatic rings. The second kappa shape index (κ2) is 5.58. The van der Waals surface area contributed by atoms with Gasteiger partial charge in [-0.25, -0.2) is 8.42 Å². The molecule has 0 saturated carbocycles. The number of sulfonamides is 1. The number of benzene rings is 1. The van der Waals surface area contributed by atoms with Crippen LogP contribution in [0.4, 0.5) is 5.69 Å². The first-order chi connectivity index (χ1) is 9.59. The van der Waals surface area contributed by atoms with Gasteiger partial charge in [0.05, 0.1) is 4.90 Å². The minimum absolute atomic E-state index is 0.133. The van der Waals surface area contributed by atoms with Gasteiger partial charge in [-0.1, -0.05) is 6.07 Å². The topological polar surface area (TPSA) is 49.4 Å². The maximum absolute atomic E-state index is 12.7. The molecule has 0 amide bonds. The van der Waals surface area contributed by atoms with Gasteiger partial charge in [0.1, 0.15) is 0 Å². The highest BCUT2D eigenvalue weighted by Crippen LogP contribution is 2.29. The third-order valence-corrected chi connectivity index (χ3v) is 7.17. The van der Waals surface area contributed by atoms with Gasteiger partial charge in [-0.2, -0.15) is 16.1 Å². The van der Waals surface area contributed by atoms with Gasteiger partial charge in [-0.05, 0) is 42.7 Å². The van der Waals surface area contributed by atoms with E-state index in [1.807, 2.05) is 17.8 Å². The first-order valence-corrected chi connectivity index (χ1v) is 9.61. The average molecular weight is 312 g/mol. The van der Waals surface area contributed by atoms with E-state index in [2.05, 4.69) is 5.32 Å². The lowest BCUT2D eigenvalue weighted by molar-refractivity contribution is 0.394. The Labute approximate surface area is 125 Å². The molecule has 6 heteroatoms. The molecule has 3 rings (SSSR count). The van der Waals surface area contributed by atoms with E-state index in [0.717, 1.165) is 43.0 Å². The van der Waals surface area contributed by atoms with Crippen molar-refractivity contribution in [2.45, 2.75) is 30.2 Å². The summed E-state index contributed by atoms with van der Waals surface area (Å²) in [4.78, 5) is 0.407. The number of thioether (sulfide) groups is 1. The van der Waals surface area contributed by atoms with Crippen molar-refractivity contribution in [1.29, 1.82) is 0 Å². The zero-order chi connectivity index (χ0) is 14.2. The summed E-state index contributed by atoms with van der Waals surface area (Å²) in [5, 5.41) is 3.30. The van der Waals surface area contributed by atoms with Crippen LogP contribution in [0.2, 0.25) is 0 Å². The fraction of sp³-hybridized carbons (Fsp3) is 0.571. The van der Waals surface area contributed by atoms with Crippen LogP contribution in [-0.2, 0) is 16.4 Å². The Morgan fingerprint density at radius 2 is 2.25 bits per heavy atom. The fourth-order valence-electron chi connectivity index (χ4n) is 2.77. The molecule has 2 aliphatic heterocycles. The SMILES string of the molecule is CN(C1CCSC1)S(=O)(=O)c1ccc2c(c1)NCCC2. The Morgan fingerprint density at radius 1 is 1.40 bits per heavy atom. The van der Waals surface area contributed by atoms with Crippen molar-refractivity contribution in [3.05, 3.63) is 23.8 Å². The number of hydrogen-bond donors (Lipinski definition) is 1. The largest absolute Gasteiger partial charge is 0.385 e. The molecular formula is C14H20N2O2S2. The molecule has 0 aliphatic carbocycles. The molecule has 0 radical (unpaired) electrons. The summed E-state index contributed by atoms with van der Waals surface area (Å²) >= 11 is 1.83. The van der Waals surface area contributed by atoms with Gasteiger partial charge in [0, 0.05) is 31.1 Å². The Bertz CT molecular complexity index is 595. The molecule has 1 fully saturated rings.